The van der Waals surface area contributed by atoms with Crippen LogP contribution in [-0.4, -0.2) is 29.8 Å². The molecule has 0 fully saturated rings. The minimum atomic E-state index is -0.323. The summed E-state index contributed by atoms with van der Waals surface area (Å²) < 4.78 is 0.786. The molecule has 112 valence electrons. The van der Waals surface area contributed by atoms with Gasteiger partial charge in [0, 0.05) is 18.2 Å². The average Bonchev–Trinajstić information content (AvgIpc) is 2.80. The van der Waals surface area contributed by atoms with Gasteiger partial charge in [0.2, 0.25) is 0 Å². The van der Waals surface area contributed by atoms with Crippen LogP contribution in [0, 0.1) is 0 Å². The molecule has 7 nitrogen and oxygen atoms in total. The Balaban J connectivity index is 2.39. The predicted octanol–water partition coefficient (Wildman–Crippen LogP) is 2.26. The third kappa shape index (κ3) is 3.41. The number of anilines is 1. The molecular formula is C13H16N4O3S. The van der Waals surface area contributed by atoms with Crippen molar-refractivity contribution in [2.45, 2.75) is 6.92 Å². The summed E-state index contributed by atoms with van der Waals surface area (Å²) in [4.78, 5) is 20.6. The molecule has 0 spiro atoms. The Hall–Kier alpha value is -2.32. The molecule has 0 radical (unpaired) electrons. The summed E-state index contributed by atoms with van der Waals surface area (Å²) in [5.74, 6) is 0.0615. The molecule has 1 heterocycles. The molecule has 2 aromatic rings. The lowest BCUT2D eigenvalue weighted by Gasteiger charge is -2.08. The van der Waals surface area contributed by atoms with E-state index in [4.69, 9.17) is 4.84 Å². The van der Waals surface area contributed by atoms with Gasteiger partial charge in [-0.15, -0.1) is 0 Å². The van der Waals surface area contributed by atoms with Gasteiger partial charge >= 0.3 is 6.03 Å². The molecule has 4 N–H and O–H groups in total. The van der Waals surface area contributed by atoms with E-state index in [0.29, 0.717) is 28.5 Å². The lowest BCUT2D eigenvalue weighted by atomic mass is 10.1. The number of amides is 2. The third-order valence-electron chi connectivity index (χ3n) is 2.58. The van der Waals surface area contributed by atoms with Crippen LogP contribution < -0.4 is 16.1 Å². The van der Waals surface area contributed by atoms with Crippen LogP contribution in [0.4, 0.5) is 9.93 Å². The molecule has 2 rings (SSSR count). The Morgan fingerprint density at radius 3 is 2.95 bits per heavy atom. The Labute approximate surface area is 125 Å². The second kappa shape index (κ2) is 6.42. The van der Waals surface area contributed by atoms with Crippen molar-refractivity contribution in [1.29, 1.82) is 0 Å². The third-order valence-corrected chi connectivity index (χ3v) is 3.60. The number of fused-ring (bicyclic) bond motifs is 1. The van der Waals surface area contributed by atoms with Gasteiger partial charge in [0.15, 0.2) is 5.13 Å². The maximum atomic E-state index is 11.5. The van der Waals surface area contributed by atoms with E-state index in [1.807, 2.05) is 6.92 Å². The number of hydroxylamine groups is 1. The number of benzene rings is 1. The van der Waals surface area contributed by atoms with Gasteiger partial charge in [-0.2, -0.15) is 0 Å². The van der Waals surface area contributed by atoms with Crippen LogP contribution in [0.25, 0.3) is 15.9 Å². The van der Waals surface area contributed by atoms with E-state index in [2.05, 4.69) is 27.7 Å². The minimum Gasteiger partial charge on any atom is -0.508 e. The van der Waals surface area contributed by atoms with Gasteiger partial charge in [-0.3, -0.25) is 15.6 Å². The van der Waals surface area contributed by atoms with E-state index in [1.54, 1.807) is 6.07 Å². The van der Waals surface area contributed by atoms with Crippen LogP contribution in [0.1, 0.15) is 12.5 Å². The van der Waals surface area contributed by atoms with Gasteiger partial charge in [0.1, 0.15) is 5.75 Å². The van der Waals surface area contributed by atoms with Crippen molar-refractivity contribution in [2.75, 3.05) is 19.0 Å². The number of phenolic OH excluding ortho intramolecular Hbond substituents is 1. The van der Waals surface area contributed by atoms with Crippen molar-refractivity contribution >= 4 is 38.4 Å². The first-order valence-corrected chi connectivity index (χ1v) is 7.03. The maximum absolute atomic E-state index is 11.5. The lowest BCUT2D eigenvalue weighted by Crippen LogP contribution is -2.28. The summed E-state index contributed by atoms with van der Waals surface area (Å²) in [6, 6.07) is 2.76. The van der Waals surface area contributed by atoms with Gasteiger partial charge in [-0.1, -0.05) is 17.9 Å². The molecule has 0 saturated carbocycles. The number of carbonyl (C=O) groups is 1. The first-order valence-electron chi connectivity index (χ1n) is 6.21. The minimum absolute atomic E-state index is 0.0615. The van der Waals surface area contributed by atoms with Gasteiger partial charge in [0.05, 0.1) is 23.0 Å². The maximum Gasteiger partial charge on any atom is 0.321 e. The SMILES string of the molecule is C=C(NOC)c1cc(O)cc2nc(NC(=O)NCC)sc12. The zero-order valence-corrected chi connectivity index (χ0v) is 12.5. The fourth-order valence-corrected chi connectivity index (χ4v) is 2.76. The Kier molecular flexibility index (Phi) is 4.61. The molecule has 0 aliphatic rings. The fraction of sp³-hybridized carbons (Fsp3) is 0.231. The van der Waals surface area contributed by atoms with E-state index >= 15 is 0 Å². The summed E-state index contributed by atoms with van der Waals surface area (Å²) in [7, 11) is 1.47. The standard InChI is InChI=1S/C13H16N4O3S/c1-4-14-12(19)16-13-15-10-6-8(18)5-9(11(10)21-13)7(2)17-20-3/h5-6,17-18H,2,4H2,1,3H3,(H2,14,15,16,19). The average molecular weight is 308 g/mol. The van der Waals surface area contributed by atoms with Crippen molar-refractivity contribution in [2.24, 2.45) is 0 Å². The number of aromatic hydroxyl groups is 1. The number of carbonyl (C=O) groups excluding carboxylic acids is 1. The Morgan fingerprint density at radius 2 is 2.29 bits per heavy atom. The highest BCUT2D eigenvalue weighted by molar-refractivity contribution is 7.22. The second-order valence-electron chi connectivity index (χ2n) is 4.13. The molecule has 0 atom stereocenters. The van der Waals surface area contributed by atoms with E-state index in [0.717, 1.165) is 4.70 Å². The van der Waals surface area contributed by atoms with Crippen molar-refractivity contribution < 1.29 is 14.7 Å². The first-order chi connectivity index (χ1) is 10.0. The highest BCUT2D eigenvalue weighted by Gasteiger charge is 2.13. The summed E-state index contributed by atoms with van der Waals surface area (Å²) in [6.45, 7) is 6.19. The Bertz CT molecular complexity index is 683. The van der Waals surface area contributed by atoms with Crippen LogP contribution in [0.5, 0.6) is 5.75 Å². The van der Waals surface area contributed by atoms with Crippen molar-refractivity contribution in [3.8, 4) is 5.75 Å². The molecule has 0 unspecified atom stereocenters. The summed E-state index contributed by atoms with van der Waals surface area (Å²) in [6.07, 6.45) is 0. The molecule has 0 aliphatic carbocycles. The molecule has 21 heavy (non-hydrogen) atoms. The molecule has 1 aromatic heterocycles. The first kappa shape index (κ1) is 15.1. The largest absolute Gasteiger partial charge is 0.508 e. The lowest BCUT2D eigenvalue weighted by molar-refractivity contribution is 0.137. The summed E-state index contributed by atoms with van der Waals surface area (Å²) in [5, 5.41) is 15.5. The zero-order valence-electron chi connectivity index (χ0n) is 11.7. The number of nitrogens with one attached hydrogen (secondary N) is 3. The van der Waals surface area contributed by atoms with Crippen LogP contribution in [0.2, 0.25) is 0 Å². The van der Waals surface area contributed by atoms with E-state index < -0.39 is 0 Å². The number of nitrogens with zero attached hydrogens (tertiary/aromatic N) is 1. The molecule has 2 amide bonds. The molecule has 8 heteroatoms. The second-order valence-corrected chi connectivity index (χ2v) is 5.13. The monoisotopic (exact) mass is 308 g/mol. The van der Waals surface area contributed by atoms with Gasteiger partial charge in [0.25, 0.3) is 0 Å². The smallest absolute Gasteiger partial charge is 0.321 e. The highest BCUT2D eigenvalue weighted by Crippen LogP contribution is 2.34. The van der Waals surface area contributed by atoms with Crippen molar-refractivity contribution in [1.82, 2.24) is 15.8 Å². The van der Waals surface area contributed by atoms with Gasteiger partial charge in [-0.25, -0.2) is 9.78 Å². The van der Waals surface area contributed by atoms with Crippen LogP contribution in [-0.2, 0) is 4.84 Å². The number of hydrogen-bond donors (Lipinski definition) is 4. The van der Waals surface area contributed by atoms with Gasteiger partial charge < -0.3 is 10.4 Å². The zero-order chi connectivity index (χ0) is 15.4. The molecule has 0 saturated heterocycles. The van der Waals surface area contributed by atoms with Gasteiger partial charge in [-0.05, 0) is 13.0 Å². The Morgan fingerprint density at radius 1 is 1.52 bits per heavy atom. The number of hydrogen-bond acceptors (Lipinski definition) is 6. The van der Waals surface area contributed by atoms with Crippen LogP contribution >= 0.6 is 11.3 Å². The fourth-order valence-electron chi connectivity index (χ4n) is 1.78. The molecular weight excluding hydrogens is 292 g/mol. The van der Waals surface area contributed by atoms with E-state index in [-0.39, 0.29) is 11.8 Å². The number of rotatable bonds is 5. The van der Waals surface area contributed by atoms with Crippen molar-refractivity contribution in [3.63, 3.8) is 0 Å². The van der Waals surface area contributed by atoms with Crippen molar-refractivity contribution in [3.05, 3.63) is 24.3 Å². The van der Waals surface area contributed by atoms with E-state index in [9.17, 15) is 9.90 Å². The normalized spacial score (nSPS) is 10.4. The molecule has 0 bridgehead atoms. The number of urea groups is 1. The molecule has 1 aromatic carbocycles. The van der Waals surface area contributed by atoms with E-state index in [1.165, 1.54) is 24.5 Å². The number of aromatic nitrogens is 1. The highest BCUT2D eigenvalue weighted by atomic mass is 32.1. The predicted molar refractivity (Wildman–Crippen MR) is 83.2 cm³/mol. The summed E-state index contributed by atoms with van der Waals surface area (Å²) in [5.41, 5.74) is 4.35. The number of phenols is 1. The molecule has 0 aliphatic heterocycles. The van der Waals surface area contributed by atoms with Crippen LogP contribution in [0.3, 0.4) is 0 Å². The quantitative estimate of drug-likeness (QED) is 0.636. The summed E-state index contributed by atoms with van der Waals surface area (Å²) >= 11 is 1.29. The topological polar surface area (TPSA) is 95.5 Å². The van der Waals surface area contributed by atoms with Crippen LogP contribution in [0.15, 0.2) is 18.7 Å². The number of thiazole rings is 1.